The fraction of sp³-hybridized carbons (Fsp3) is 0.312. The van der Waals surface area contributed by atoms with Crippen molar-refractivity contribution in [2.45, 2.75) is 25.3 Å². The molecule has 0 unspecified atom stereocenters. The van der Waals surface area contributed by atoms with Gasteiger partial charge in [0, 0.05) is 24.4 Å². The Morgan fingerprint density at radius 1 is 1.43 bits per heavy atom. The summed E-state index contributed by atoms with van der Waals surface area (Å²) in [4.78, 5) is 15.9. The van der Waals surface area contributed by atoms with Gasteiger partial charge in [-0.15, -0.1) is 0 Å². The summed E-state index contributed by atoms with van der Waals surface area (Å²) < 4.78 is 0. The zero-order chi connectivity index (χ0) is 14.7. The number of amides is 1. The van der Waals surface area contributed by atoms with Crippen LogP contribution in [0.15, 0.2) is 30.3 Å². The smallest absolute Gasteiger partial charge is 0.220 e. The van der Waals surface area contributed by atoms with Gasteiger partial charge in [0.2, 0.25) is 5.91 Å². The fourth-order valence-corrected chi connectivity index (χ4v) is 2.59. The summed E-state index contributed by atoms with van der Waals surface area (Å²) in [5, 5.41) is 16.4. The average Bonchev–Trinajstić information content (AvgIpc) is 2.52. The van der Waals surface area contributed by atoms with E-state index in [1.54, 1.807) is 0 Å². The Hall–Kier alpha value is -2.61. The van der Waals surface area contributed by atoms with Crippen LogP contribution in [0.4, 0.5) is 5.82 Å². The van der Waals surface area contributed by atoms with Crippen molar-refractivity contribution < 1.29 is 4.79 Å². The minimum Gasteiger partial charge on any atom is -0.367 e. The molecule has 1 aliphatic rings. The van der Waals surface area contributed by atoms with Crippen LogP contribution in [0.1, 0.15) is 24.8 Å². The molecule has 1 fully saturated rings. The van der Waals surface area contributed by atoms with Crippen molar-refractivity contribution in [3.05, 3.63) is 35.9 Å². The number of aromatic nitrogens is 1. The van der Waals surface area contributed by atoms with E-state index in [2.05, 4.69) is 21.7 Å². The number of nitriles is 1. The lowest BCUT2D eigenvalue weighted by Crippen LogP contribution is -2.42. The lowest BCUT2D eigenvalue weighted by atomic mass is 10.0. The predicted molar refractivity (Wildman–Crippen MR) is 80.7 cm³/mol. The predicted octanol–water partition coefficient (Wildman–Crippen LogP) is 2.19. The van der Waals surface area contributed by atoms with Gasteiger partial charge in [-0.3, -0.25) is 4.79 Å². The number of anilines is 1. The molecule has 0 saturated carbocycles. The first kappa shape index (κ1) is 13.4. The van der Waals surface area contributed by atoms with Crippen LogP contribution >= 0.6 is 0 Å². The minimum atomic E-state index is 0.0972. The molecule has 0 radical (unpaired) electrons. The van der Waals surface area contributed by atoms with Crippen molar-refractivity contribution in [3.63, 3.8) is 0 Å². The molecule has 1 aliphatic heterocycles. The lowest BCUT2D eigenvalue weighted by molar-refractivity contribution is -0.123. The number of hydrogen-bond acceptors (Lipinski definition) is 4. The van der Waals surface area contributed by atoms with Crippen LogP contribution in [0.2, 0.25) is 0 Å². The Kier molecular flexibility index (Phi) is 3.69. The molecule has 2 N–H and O–H groups in total. The molecule has 3 rings (SSSR count). The number of carbonyl (C=O) groups excluding carboxylic acids is 1. The molecule has 2 aromatic rings. The monoisotopic (exact) mass is 280 g/mol. The van der Waals surface area contributed by atoms with Gasteiger partial charge in [-0.05, 0) is 25.0 Å². The third-order valence-corrected chi connectivity index (χ3v) is 3.68. The Bertz CT molecular complexity index is 720. The molecule has 1 aromatic heterocycles. The maximum Gasteiger partial charge on any atom is 0.220 e. The Labute approximate surface area is 123 Å². The van der Waals surface area contributed by atoms with E-state index in [-0.39, 0.29) is 11.9 Å². The van der Waals surface area contributed by atoms with Gasteiger partial charge in [0.05, 0.1) is 11.1 Å². The number of nitrogens with one attached hydrogen (secondary N) is 2. The summed E-state index contributed by atoms with van der Waals surface area (Å²) in [6, 6.07) is 11.8. The number of benzene rings is 1. The topological polar surface area (TPSA) is 77.8 Å². The van der Waals surface area contributed by atoms with Gasteiger partial charge in [0.25, 0.3) is 0 Å². The van der Waals surface area contributed by atoms with Crippen molar-refractivity contribution in [1.29, 1.82) is 5.26 Å². The second-order valence-electron chi connectivity index (χ2n) is 5.23. The van der Waals surface area contributed by atoms with Crippen LogP contribution in [0.3, 0.4) is 0 Å². The Morgan fingerprint density at radius 2 is 2.29 bits per heavy atom. The molecule has 5 nitrogen and oxygen atoms in total. The first-order valence-electron chi connectivity index (χ1n) is 7.09. The van der Waals surface area contributed by atoms with Crippen molar-refractivity contribution in [2.24, 2.45) is 0 Å². The number of hydrogen-bond donors (Lipinski definition) is 2. The van der Waals surface area contributed by atoms with Gasteiger partial charge >= 0.3 is 0 Å². The molecule has 106 valence electrons. The zero-order valence-corrected chi connectivity index (χ0v) is 11.6. The number of nitrogens with zero attached hydrogens (tertiary/aromatic N) is 2. The van der Waals surface area contributed by atoms with Crippen LogP contribution in [-0.2, 0) is 4.79 Å². The van der Waals surface area contributed by atoms with Gasteiger partial charge in [0.15, 0.2) is 0 Å². The van der Waals surface area contributed by atoms with Crippen molar-refractivity contribution in [1.82, 2.24) is 10.3 Å². The largest absolute Gasteiger partial charge is 0.367 e. The molecule has 1 amide bonds. The van der Waals surface area contributed by atoms with E-state index in [9.17, 15) is 10.1 Å². The fourth-order valence-electron chi connectivity index (χ4n) is 2.59. The normalized spacial score (nSPS) is 18.0. The van der Waals surface area contributed by atoms with Crippen LogP contribution < -0.4 is 10.6 Å². The van der Waals surface area contributed by atoms with Gasteiger partial charge in [-0.25, -0.2) is 4.98 Å². The number of pyridine rings is 1. The molecule has 0 spiro atoms. The Morgan fingerprint density at radius 3 is 3.10 bits per heavy atom. The number of carbonyl (C=O) groups is 1. The van der Waals surface area contributed by atoms with Crippen LogP contribution in [-0.4, -0.2) is 23.5 Å². The van der Waals surface area contributed by atoms with Crippen LogP contribution in [0.5, 0.6) is 0 Å². The summed E-state index contributed by atoms with van der Waals surface area (Å²) >= 11 is 0. The molecule has 0 aliphatic carbocycles. The van der Waals surface area contributed by atoms with Crippen LogP contribution in [0, 0.1) is 11.3 Å². The molecule has 1 saturated heterocycles. The number of fused-ring (bicyclic) bond motifs is 1. The van der Waals surface area contributed by atoms with Crippen molar-refractivity contribution >= 4 is 22.6 Å². The summed E-state index contributed by atoms with van der Waals surface area (Å²) in [6.07, 6.45) is 2.47. The first-order chi connectivity index (χ1) is 10.3. The van der Waals surface area contributed by atoms with E-state index in [4.69, 9.17) is 0 Å². The van der Waals surface area contributed by atoms with Gasteiger partial charge < -0.3 is 10.6 Å². The van der Waals surface area contributed by atoms with Gasteiger partial charge in [-0.2, -0.15) is 5.26 Å². The number of piperidine rings is 1. The van der Waals surface area contributed by atoms with Crippen molar-refractivity contribution in [2.75, 3.05) is 11.9 Å². The standard InChI is InChI=1S/C16H16N4O/c17-9-12-8-11-4-1-2-6-14(11)20-16(12)18-10-13-5-3-7-15(21)19-13/h1-2,4,6,8,13H,3,5,7,10H2,(H,18,20)(H,19,21)/t13-/m1/s1. The average molecular weight is 280 g/mol. The SMILES string of the molecule is N#Cc1cc2ccccc2nc1NC[C@H]1CCCC(=O)N1. The van der Waals surface area contributed by atoms with E-state index in [0.717, 1.165) is 23.7 Å². The zero-order valence-electron chi connectivity index (χ0n) is 11.6. The third-order valence-electron chi connectivity index (χ3n) is 3.68. The second-order valence-corrected chi connectivity index (χ2v) is 5.23. The number of rotatable bonds is 3. The molecular weight excluding hydrogens is 264 g/mol. The molecule has 2 heterocycles. The Balaban J connectivity index is 1.79. The van der Waals surface area contributed by atoms with E-state index < -0.39 is 0 Å². The molecular formula is C16H16N4O. The van der Waals surface area contributed by atoms with Crippen LogP contribution in [0.25, 0.3) is 10.9 Å². The van der Waals surface area contributed by atoms with E-state index in [1.165, 1.54) is 0 Å². The second kappa shape index (κ2) is 5.80. The highest BCUT2D eigenvalue weighted by atomic mass is 16.1. The summed E-state index contributed by atoms with van der Waals surface area (Å²) in [6.45, 7) is 0.589. The van der Waals surface area contributed by atoms with E-state index >= 15 is 0 Å². The highest BCUT2D eigenvalue weighted by Crippen LogP contribution is 2.20. The third kappa shape index (κ3) is 2.95. The van der Waals surface area contributed by atoms with E-state index in [0.29, 0.717) is 24.3 Å². The number of para-hydroxylation sites is 1. The summed E-state index contributed by atoms with van der Waals surface area (Å²) in [7, 11) is 0. The molecule has 0 bridgehead atoms. The molecule has 1 atom stereocenters. The maximum atomic E-state index is 11.4. The molecule has 1 aromatic carbocycles. The van der Waals surface area contributed by atoms with Gasteiger partial charge in [-0.1, -0.05) is 18.2 Å². The summed E-state index contributed by atoms with van der Waals surface area (Å²) in [5.41, 5.74) is 1.38. The first-order valence-corrected chi connectivity index (χ1v) is 7.09. The maximum absolute atomic E-state index is 11.4. The van der Waals surface area contributed by atoms with E-state index in [1.807, 2.05) is 30.3 Å². The highest BCUT2D eigenvalue weighted by Gasteiger charge is 2.18. The highest BCUT2D eigenvalue weighted by molar-refractivity contribution is 5.82. The van der Waals surface area contributed by atoms with Crippen molar-refractivity contribution in [3.8, 4) is 6.07 Å². The minimum absolute atomic E-state index is 0.0972. The lowest BCUT2D eigenvalue weighted by Gasteiger charge is -2.23. The molecule has 5 heteroatoms. The quantitative estimate of drug-likeness (QED) is 0.903. The molecule has 21 heavy (non-hydrogen) atoms. The summed E-state index contributed by atoms with van der Waals surface area (Å²) in [5.74, 6) is 0.677. The van der Waals surface area contributed by atoms with Gasteiger partial charge in [0.1, 0.15) is 11.9 Å².